The molecule has 0 fully saturated rings. The van der Waals surface area contributed by atoms with Gasteiger partial charge in [0.15, 0.2) is 0 Å². The van der Waals surface area contributed by atoms with E-state index in [0.717, 1.165) is 46.7 Å². The van der Waals surface area contributed by atoms with Gasteiger partial charge in [0.2, 0.25) is 0 Å². The van der Waals surface area contributed by atoms with E-state index in [1.165, 1.54) is 0 Å². The SMILES string of the molecule is CCCCc1c/c(=N\O)oc2cc3occ(C)c3cc12. The molecule has 3 rings (SSSR count). The fourth-order valence-corrected chi connectivity index (χ4v) is 2.51. The van der Waals surface area contributed by atoms with Crippen LogP contribution in [0.15, 0.2) is 38.5 Å². The van der Waals surface area contributed by atoms with E-state index < -0.39 is 0 Å². The van der Waals surface area contributed by atoms with Crippen LogP contribution < -0.4 is 5.55 Å². The van der Waals surface area contributed by atoms with Crippen LogP contribution in [0.3, 0.4) is 0 Å². The van der Waals surface area contributed by atoms with E-state index in [0.29, 0.717) is 5.58 Å². The zero-order chi connectivity index (χ0) is 14.1. The van der Waals surface area contributed by atoms with E-state index in [9.17, 15) is 0 Å². The molecule has 0 bridgehead atoms. The van der Waals surface area contributed by atoms with Crippen LogP contribution in [0.4, 0.5) is 0 Å². The Hall–Kier alpha value is -2.23. The van der Waals surface area contributed by atoms with Gasteiger partial charge in [-0.05, 0) is 42.1 Å². The second-order valence-corrected chi connectivity index (χ2v) is 5.08. The van der Waals surface area contributed by atoms with Gasteiger partial charge in [-0.25, -0.2) is 0 Å². The van der Waals surface area contributed by atoms with Crippen molar-refractivity contribution in [2.24, 2.45) is 5.16 Å². The maximum atomic E-state index is 8.97. The van der Waals surface area contributed by atoms with Crippen molar-refractivity contribution in [1.29, 1.82) is 0 Å². The molecule has 0 radical (unpaired) electrons. The number of unbranched alkanes of at least 4 members (excludes halogenated alkanes) is 1. The van der Waals surface area contributed by atoms with Crippen LogP contribution in [0.5, 0.6) is 0 Å². The number of nitrogens with zero attached hydrogens (tertiary/aromatic N) is 1. The summed E-state index contributed by atoms with van der Waals surface area (Å²) in [7, 11) is 0. The number of aryl methyl sites for hydroxylation is 2. The molecule has 0 aliphatic rings. The molecule has 0 aliphatic heterocycles. The first-order chi connectivity index (χ1) is 9.72. The molecule has 2 heterocycles. The van der Waals surface area contributed by atoms with E-state index >= 15 is 0 Å². The van der Waals surface area contributed by atoms with E-state index in [1.54, 1.807) is 12.3 Å². The van der Waals surface area contributed by atoms with Crippen molar-refractivity contribution in [3.05, 3.63) is 41.1 Å². The number of fused-ring (bicyclic) bond motifs is 2. The van der Waals surface area contributed by atoms with Crippen LogP contribution in [-0.2, 0) is 6.42 Å². The predicted molar refractivity (Wildman–Crippen MR) is 76.7 cm³/mol. The molecule has 0 saturated heterocycles. The van der Waals surface area contributed by atoms with Crippen LogP contribution >= 0.6 is 0 Å². The molecule has 3 aromatic rings. The molecule has 1 aromatic carbocycles. The molecule has 4 heteroatoms. The summed E-state index contributed by atoms with van der Waals surface area (Å²) in [6, 6.07) is 5.76. The van der Waals surface area contributed by atoms with Gasteiger partial charge in [-0.1, -0.05) is 13.3 Å². The summed E-state index contributed by atoms with van der Waals surface area (Å²) in [5.41, 5.74) is 3.96. The normalized spacial score (nSPS) is 12.6. The smallest absolute Gasteiger partial charge is 0.255 e. The summed E-state index contributed by atoms with van der Waals surface area (Å²) in [6.45, 7) is 4.18. The maximum Gasteiger partial charge on any atom is 0.255 e. The van der Waals surface area contributed by atoms with Crippen molar-refractivity contribution in [3.63, 3.8) is 0 Å². The molecule has 0 unspecified atom stereocenters. The molecule has 0 spiro atoms. The lowest BCUT2D eigenvalue weighted by molar-refractivity contribution is 0.276. The standard InChI is InChI=1S/C16H17NO3/c1-3-4-5-11-6-16(17-18)20-15-8-14-12(7-13(11)15)10(2)9-19-14/h6-9,18H,3-5H2,1-2H3/b17-16+. The molecule has 1 N–H and O–H groups in total. The largest absolute Gasteiger partial charge is 0.464 e. The molecule has 0 aliphatic carbocycles. The maximum absolute atomic E-state index is 8.97. The van der Waals surface area contributed by atoms with Crippen LogP contribution in [-0.4, -0.2) is 5.21 Å². The first-order valence-corrected chi connectivity index (χ1v) is 6.85. The molecule has 20 heavy (non-hydrogen) atoms. The summed E-state index contributed by atoms with van der Waals surface area (Å²) < 4.78 is 11.1. The summed E-state index contributed by atoms with van der Waals surface area (Å²) in [5.74, 6) is 0. The lowest BCUT2D eigenvalue weighted by atomic mass is 10.0. The van der Waals surface area contributed by atoms with Crippen molar-refractivity contribution in [2.75, 3.05) is 0 Å². The van der Waals surface area contributed by atoms with Gasteiger partial charge in [0.25, 0.3) is 5.55 Å². The third-order valence-electron chi connectivity index (χ3n) is 3.63. The predicted octanol–water partition coefficient (Wildman–Crippen LogP) is 4.12. The fraction of sp³-hybridized carbons (Fsp3) is 0.312. The van der Waals surface area contributed by atoms with Crippen LogP contribution in [0, 0.1) is 6.92 Å². The van der Waals surface area contributed by atoms with Crippen molar-refractivity contribution in [3.8, 4) is 0 Å². The monoisotopic (exact) mass is 271 g/mol. The Morgan fingerprint density at radius 2 is 2.00 bits per heavy atom. The number of hydrogen-bond acceptors (Lipinski definition) is 4. The third kappa shape index (κ3) is 2.07. The Kier molecular flexibility index (Phi) is 3.22. The summed E-state index contributed by atoms with van der Waals surface area (Å²) in [5, 5.41) is 14.3. The van der Waals surface area contributed by atoms with E-state index in [2.05, 4.69) is 18.1 Å². The Bertz CT molecular complexity index is 827. The summed E-state index contributed by atoms with van der Waals surface area (Å²) >= 11 is 0. The number of furan rings is 1. The second-order valence-electron chi connectivity index (χ2n) is 5.08. The van der Waals surface area contributed by atoms with E-state index in [4.69, 9.17) is 14.0 Å². The average Bonchev–Trinajstić information content (AvgIpc) is 2.83. The highest BCUT2D eigenvalue weighted by atomic mass is 16.5. The minimum absolute atomic E-state index is 0.228. The van der Waals surface area contributed by atoms with Crippen molar-refractivity contribution < 1.29 is 14.0 Å². The lowest BCUT2D eigenvalue weighted by Gasteiger charge is -2.05. The topological polar surface area (TPSA) is 58.9 Å². The Balaban J connectivity index is 2.33. The quantitative estimate of drug-likeness (QED) is 0.575. The number of hydrogen-bond donors (Lipinski definition) is 1. The average molecular weight is 271 g/mol. The second kappa shape index (κ2) is 5.04. The van der Waals surface area contributed by atoms with Crippen molar-refractivity contribution in [1.82, 2.24) is 0 Å². The number of benzene rings is 1. The molecule has 0 atom stereocenters. The Morgan fingerprint density at radius 1 is 1.15 bits per heavy atom. The molecule has 4 nitrogen and oxygen atoms in total. The van der Waals surface area contributed by atoms with Gasteiger partial charge in [0.1, 0.15) is 11.2 Å². The van der Waals surface area contributed by atoms with Crippen LogP contribution in [0.2, 0.25) is 0 Å². The highest BCUT2D eigenvalue weighted by Gasteiger charge is 2.10. The van der Waals surface area contributed by atoms with Crippen molar-refractivity contribution >= 4 is 21.9 Å². The van der Waals surface area contributed by atoms with Gasteiger partial charge in [0.05, 0.1) is 6.26 Å². The van der Waals surface area contributed by atoms with Gasteiger partial charge < -0.3 is 14.0 Å². The van der Waals surface area contributed by atoms with E-state index in [-0.39, 0.29) is 5.55 Å². The molecule has 2 aromatic heterocycles. The third-order valence-corrected chi connectivity index (χ3v) is 3.63. The van der Waals surface area contributed by atoms with Gasteiger partial charge in [-0.3, -0.25) is 0 Å². The van der Waals surface area contributed by atoms with Gasteiger partial charge in [-0.2, -0.15) is 0 Å². The first kappa shape index (κ1) is 12.8. The highest BCUT2D eigenvalue weighted by molar-refractivity contribution is 5.96. The minimum atomic E-state index is 0.228. The Morgan fingerprint density at radius 3 is 2.75 bits per heavy atom. The van der Waals surface area contributed by atoms with Gasteiger partial charge >= 0.3 is 0 Å². The van der Waals surface area contributed by atoms with Crippen LogP contribution in [0.1, 0.15) is 30.9 Å². The van der Waals surface area contributed by atoms with E-state index in [1.807, 2.05) is 13.0 Å². The molecule has 0 saturated carbocycles. The first-order valence-electron chi connectivity index (χ1n) is 6.85. The molecule has 104 valence electrons. The van der Waals surface area contributed by atoms with Crippen LogP contribution in [0.25, 0.3) is 21.9 Å². The highest BCUT2D eigenvalue weighted by Crippen LogP contribution is 2.28. The molecule has 0 amide bonds. The fourth-order valence-electron chi connectivity index (χ4n) is 2.51. The Labute approximate surface area is 116 Å². The zero-order valence-electron chi connectivity index (χ0n) is 11.6. The summed E-state index contributed by atoms with van der Waals surface area (Å²) in [4.78, 5) is 0. The minimum Gasteiger partial charge on any atom is -0.464 e. The zero-order valence-corrected chi connectivity index (χ0v) is 11.6. The lowest BCUT2D eigenvalue weighted by Crippen LogP contribution is -2.03. The van der Waals surface area contributed by atoms with Crippen molar-refractivity contribution in [2.45, 2.75) is 33.1 Å². The van der Waals surface area contributed by atoms with Gasteiger partial charge in [-0.15, -0.1) is 0 Å². The number of rotatable bonds is 3. The molecular formula is C16H17NO3. The van der Waals surface area contributed by atoms with Gasteiger partial charge in [0, 0.05) is 22.9 Å². The molecular weight excluding hydrogens is 254 g/mol. The summed E-state index contributed by atoms with van der Waals surface area (Å²) in [6.07, 6.45) is 4.89.